The molecule has 20 heavy (non-hydrogen) atoms. The van der Waals surface area contributed by atoms with Gasteiger partial charge in [0.2, 0.25) is 6.39 Å². The lowest BCUT2D eigenvalue weighted by molar-refractivity contribution is 0.411. The average molecular weight is 276 g/mol. The van der Waals surface area contributed by atoms with E-state index in [-0.39, 0.29) is 0 Å². The van der Waals surface area contributed by atoms with Gasteiger partial charge in [-0.1, -0.05) is 19.0 Å². The second kappa shape index (κ2) is 6.83. The molecule has 0 radical (unpaired) electrons. The molecule has 0 aliphatic rings. The predicted octanol–water partition coefficient (Wildman–Crippen LogP) is 2.16. The van der Waals surface area contributed by atoms with E-state index < -0.39 is 0 Å². The monoisotopic (exact) mass is 276 g/mol. The van der Waals surface area contributed by atoms with Crippen molar-refractivity contribution in [3.63, 3.8) is 0 Å². The molecule has 0 aliphatic carbocycles. The van der Waals surface area contributed by atoms with Crippen molar-refractivity contribution in [3.05, 3.63) is 23.6 Å². The Morgan fingerprint density at radius 1 is 1.10 bits per heavy atom. The van der Waals surface area contributed by atoms with Crippen molar-refractivity contribution in [3.8, 4) is 0 Å². The van der Waals surface area contributed by atoms with E-state index in [1.54, 1.807) is 0 Å². The van der Waals surface area contributed by atoms with Crippen molar-refractivity contribution < 1.29 is 4.52 Å². The van der Waals surface area contributed by atoms with E-state index >= 15 is 0 Å². The zero-order valence-electron chi connectivity index (χ0n) is 12.1. The van der Waals surface area contributed by atoms with Crippen molar-refractivity contribution in [2.45, 2.75) is 40.2 Å². The first-order chi connectivity index (χ1) is 9.74. The summed E-state index contributed by atoms with van der Waals surface area (Å²) in [5.41, 5.74) is 0.999. The van der Waals surface area contributed by atoms with Gasteiger partial charge < -0.3 is 15.2 Å². The van der Waals surface area contributed by atoms with Gasteiger partial charge in [0.1, 0.15) is 17.5 Å². The van der Waals surface area contributed by atoms with Crippen LogP contribution in [0.1, 0.15) is 37.5 Å². The molecule has 0 saturated carbocycles. The molecule has 0 saturated heterocycles. The Bertz CT molecular complexity index is 540. The van der Waals surface area contributed by atoms with Gasteiger partial charge in [0.25, 0.3) is 0 Å². The highest BCUT2D eigenvalue weighted by Gasteiger charge is 2.10. The molecule has 2 aromatic rings. The van der Waals surface area contributed by atoms with E-state index in [9.17, 15) is 0 Å². The number of aromatic nitrogens is 4. The number of nitrogens with zero attached hydrogens (tertiary/aromatic N) is 4. The summed E-state index contributed by atoms with van der Waals surface area (Å²) >= 11 is 0. The summed E-state index contributed by atoms with van der Waals surface area (Å²) in [5, 5.41) is 10.3. The smallest absolute Gasteiger partial charge is 0.213 e. The van der Waals surface area contributed by atoms with Gasteiger partial charge in [0, 0.05) is 18.5 Å². The van der Waals surface area contributed by atoms with Gasteiger partial charge in [0.05, 0.1) is 6.54 Å². The fourth-order valence-electron chi connectivity index (χ4n) is 1.74. The molecular formula is C13H20N6O. The zero-order valence-corrected chi connectivity index (χ0v) is 12.1. The van der Waals surface area contributed by atoms with Crippen LogP contribution in [0.5, 0.6) is 0 Å². The first-order valence-corrected chi connectivity index (χ1v) is 6.85. The Morgan fingerprint density at radius 3 is 2.45 bits per heavy atom. The maximum Gasteiger partial charge on any atom is 0.213 e. The van der Waals surface area contributed by atoms with Crippen LogP contribution in [0.3, 0.4) is 0 Å². The van der Waals surface area contributed by atoms with Crippen molar-refractivity contribution in [1.82, 2.24) is 20.1 Å². The largest absolute Gasteiger partial charge is 0.370 e. The summed E-state index contributed by atoms with van der Waals surface area (Å²) in [6, 6.07) is 0. The molecule has 108 valence electrons. The third kappa shape index (κ3) is 3.43. The molecule has 0 aliphatic heterocycles. The Hall–Kier alpha value is -2.18. The highest BCUT2D eigenvalue weighted by atomic mass is 16.5. The van der Waals surface area contributed by atoms with Crippen LogP contribution in [0.25, 0.3) is 0 Å². The standard InChI is InChI=1S/C13H20N6O/c1-4-6-14-12-9(3)13(18-10(5-2)17-12)15-7-11-16-8-20-19-11/h8H,4-7H2,1-3H3,(H2,14,15,17,18). The lowest BCUT2D eigenvalue weighted by Gasteiger charge is -2.13. The topological polar surface area (TPSA) is 88.8 Å². The van der Waals surface area contributed by atoms with Gasteiger partial charge >= 0.3 is 0 Å². The lowest BCUT2D eigenvalue weighted by atomic mass is 10.2. The molecule has 0 unspecified atom stereocenters. The number of nitrogens with one attached hydrogen (secondary N) is 2. The predicted molar refractivity (Wildman–Crippen MR) is 76.6 cm³/mol. The maximum atomic E-state index is 4.71. The first kappa shape index (κ1) is 14.2. The summed E-state index contributed by atoms with van der Waals surface area (Å²) in [5.74, 6) is 3.10. The third-order valence-electron chi connectivity index (χ3n) is 2.87. The molecule has 7 heteroatoms. The van der Waals surface area contributed by atoms with Crippen LogP contribution < -0.4 is 10.6 Å². The van der Waals surface area contributed by atoms with Crippen LogP contribution in [-0.2, 0) is 13.0 Å². The highest BCUT2D eigenvalue weighted by molar-refractivity contribution is 5.57. The Balaban J connectivity index is 2.17. The molecule has 0 atom stereocenters. The van der Waals surface area contributed by atoms with Gasteiger partial charge in [0.15, 0.2) is 5.82 Å². The SMILES string of the molecule is CCCNc1nc(CC)nc(NCc2ncon2)c1C. The van der Waals surface area contributed by atoms with Gasteiger partial charge in [-0.25, -0.2) is 9.97 Å². The van der Waals surface area contributed by atoms with Crippen LogP contribution in [0.2, 0.25) is 0 Å². The normalized spacial score (nSPS) is 10.6. The Morgan fingerprint density at radius 2 is 1.85 bits per heavy atom. The van der Waals surface area contributed by atoms with Crippen LogP contribution in [-0.4, -0.2) is 26.7 Å². The molecule has 0 aromatic carbocycles. The van der Waals surface area contributed by atoms with Crippen LogP contribution in [0.15, 0.2) is 10.9 Å². The van der Waals surface area contributed by atoms with Crippen molar-refractivity contribution in [2.75, 3.05) is 17.2 Å². The van der Waals surface area contributed by atoms with E-state index in [0.29, 0.717) is 12.4 Å². The molecular weight excluding hydrogens is 256 g/mol. The van der Waals surface area contributed by atoms with E-state index in [2.05, 4.69) is 37.7 Å². The van der Waals surface area contributed by atoms with Gasteiger partial charge in [-0.2, -0.15) is 4.98 Å². The summed E-state index contributed by atoms with van der Waals surface area (Å²) in [6.07, 6.45) is 3.16. The minimum Gasteiger partial charge on any atom is -0.370 e. The number of hydrogen-bond acceptors (Lipinski definition) is 7. The summed E-state index contributed by atoms with van der Waals surface area (Å²) in [6.45, 7) is 7.53. The molecule has 7 nitrogen and oxygen atoms in total. The van der Waals surface area contributed by atoms with Crippen LogP contribution in [0.4, 0.5) is 11.6 Å². The minimum absolute atomic E-state index is 0.477. The van der Waals surface area contributed by atoms with E-state index in [1.165, 1.54) is 6.39 Å². The maximum absolute atomic E-state index is 4.71. The molecule has 2 rings (SSSR count). The van der Waals surface area contributed by atoms with Crippen molar-refractivity contribution >= 4 is 11.6 Å². The summed E-state index contributed by atoms with van der Waals surface area (Å²) < 4.78 is 4.71. The second-order valence-electron chi connectivity index (χ2n) is 4.44. The number of hydrogen-bond donors (Lipinski definition) is 2. The van der Waals surface area contributed by atoms with Crippen LogP contribution in [0, 0.1) is 6.92 Å². The fraction of sp³-hybridized carbons (Fsp3) is 0.538. The molecule has 0 amide bonds. The molecule has 0 fully saturated rings. The van der Waals surface area contributed by atoms with E-state index in [4.69, 9.17) is 4.52 Å². The summed E-state index contributed by atoms with van der Waals surface area (Å²) in [7, 11) is 0. The van der Waals surface area contributed by atoms with E-state index in [1.807, 2.05) is 13.8 Å². The number of anilines is 2. The number of aryl methyl sites for hydroxylation is 1. The quantitative estimate of drug-likeness (QED) is 0.801. The molecule has 2 aromatic heterocycles. The lowest BCUT2D eigenvalue weighted by Crippen LogP contribution is -2.12. The fourth-order valence-corrected chi connectivity index (χ4v) is 1.74. The molecule has 2 heterocycles. The van der Waals surface area contributed by atoms with Gasteiger partial charge in [-0.3, -0.25) is 0 Å². The average Bonchev–Trinajstić information content (AvgIpc) is 2.98. The molecule has 0 bridgehead atoms. The first-order valence-electron chi connectivity index (χ1n) is 6.85. The Labute approximate surface area is 118 Å². The second-order valence-corrected chi connectivity index (χ2v) is 4.44. The number of rotatable bonds is 7. The van der Waals surface area contributed by atoms with Crippen LogP contribution >= 0.6 is 0 Å². The van der Waals surface area contributed by atoms with Crippen molar-refractivity contribution in [2.24, 2.45) is 0 Å². The molecule has 2 N–H and O–H groups in total. The zero-order chi connectivity index (χ0) is 14.4. The minimum atomic E-state index is 0.477. The third-order valence-corrected chi connectivity index (χ3v) is 2.87. The van der Waals surface area contributed by atoms with Gasteiger partial charge in [-0.05, 0) is 13.3 Å². The Kier molecular flexibility index (Phi) is 4.86. The molecule has 0 spiro atoms. The highest BCUT2D eigenvalue weighted by Crippen LogP contribution is 2.20. The van der Waals surface area contributed by atoms with E-state index in [0.717, 1.165) is 42.4 Å². The summed E-state index contributed by atoms with van der Waals surface area (Å²) in [4.78, 5) is 13.0. The van der Waals surface area contributed by atoms with Gasteiger partial charge in [-0.15, -0.1) is 0 Å². The van der Waals surface area contributed by atoms with Crippen molar-refractivity contribution in [1.29, 1.82) is 0 Å².